The molecule has 2 aliphatic heterocycles. The van der Waals surface area contributed by atoms with Crippen LogP contribution in [0.4, 0.5) is 5.69 Å². The van der Waals surface area contributed by atoms with E-state index in [0.29, 0.717) is 17.0 Å². The van der Waals surface area contributed by atoms with Crippen LogP contribution in [0.5, 0.6) is 5.75 Å². The molecule has 1 aromatic carbocycles. The highest BCUT2D eigenvalue weighted by Crippen LogP contribution is 2.38. The first-order valence-corrected chi connectivity index (χ1v) is 8.08. The van der Waals surface area contributed by atoms with Gasteiger partial charge in [-0.25, -0.2) is 0 Å². The lowest BCUT2D eigenvalue weighted by Crippen LogP contribution is -2.67. The van der Waals surface area contributed by atoms with E-state index in [0.717, 1.165) is 39.1 Å². The molecule has 5 heteroatoms. The van der Waals surface area contributed by atoms with E-state index in [1.54, 1.807) is 18.2 Å². The molecular weight excluding hydrogens is 280 g/mol. The lowest BCUT2D eigenvalue weighted by atomic mass is 9.78. The Bertz CT molecular complexity index is 584. The number of carbonyl (C=O) groups excluding carboxylic acids is 1. The number of nitrogens with zero attached hydrogens (tertiary/aromatic N) is 1. The minimum absolute atomic E-state index is 0.0637. The van der Waals surface area contributed by atoms with Crippen molar-refractivity contribution < 1.29 is 14.3 Å². The van der Waals surface area contributed by atoms with Gasteiger partial charge in [-0.05, 0) is 43.9 Å². The third kappa shape index (κ3) is 2.33. The first-order chi connectivity index (χ1) is 10.7. The van der Waals surface area contributed by atoms with Crippen LogP contribution in [0.3, 0.4) is 0 Å². The molecule has 0 radical (unpaired) electrons. The number of carbonyl (C=O) groups is 1. The van der Waals surface area contributed by atoms with Crippen LogP contribution in [0, 0.1) is 5.41 Å². The highest BCUT2D eigenvalue weighted by molar-refractivity contribution is 5.95. The third-order valence-electron chi connectivity index (χ3n) is 5.01. The summed E-state index contributed by atoms with van der Waals surface area (Å²) in [5.41, 5.74) is 7.51. The number of likely N-dealkylation sites (tertiary alicyclic amines) is 1. The van der Waals surface area contributed by atoms with Crippen LogP contribution < -0.4 is 10.5 Å². The lowest BCUT2D eigenvalue weighted by molar-refractivity contribution is -0.176. The number of nitrogen functional groups attached to an aromatic ring is 1. The molecule has 1 saturated carbocycles. The number of hydrogen-bond acceptors (Lipinski definition) is 4. The van der Waals surface area contributed by atoms with Crippen LogP contribution in [-0.4, -0.2) is 43.2 Å². The third-order valence-corrected chi connectivity index (χ3v) is 5.01. The van der Waals surface area contributed by atoms with E-state index in [9.17, 15) is 4.79 Å². The van der Waals surface area contributed by atoms with Gasteiger partial charge in [0.05, 0.1) is 30.4 Å². The summed E-state index contributed by atoms with van der Waals surface area (Å²) in [5.74, 6) is 0.716. The van der Waals surface area contributed by atoms with Gasteiger partial charge in [0, 0.05) is 18.7 Å². The smallest absolute Gasteiger partial charge is 0.254 e. The topological polar surface area (TPSA) is 64.8 Å². The number of hydrogen-bond donors (Lipinski definition) is 1. The van der Waals surface area contributed by atoms with Crippen molar-refractivity contribution in [2.75, 3.05) is 32.0 Å². The molecule has 118 valence electrons. The fraction of sp³-hybridized carbons (Fsp3) is 0.588. The van der Waals surface area contributed by atoms with Gasteiger partial charge < -0.3 is 20.1 Å². The van der Waals surface area contributed by atoms with E-state index in [-0.39, 0.29) is 17.4 Å². The zero-order valence-corrected chi connectivity index (χ0v) is 12.7. The second kappa shape index (κ2) is 5.16. The number of anilines is 1. The zero-order chi connectivity index (χ0) is 15.2. The van der Waals surface area contributed by atoms with Crippen molar-refractivity contribution in [2.24, 2.45) is 5.41 Å². The fourth-order valence-corrected chi connectivity index (χ4v) is 3.62. The van der Waals surface area contributed by atoms with Crippen LogP contribution in [0.25, 0.3) is 0 Å². The van der Waals surface area contributed by atoms with Gasteiger partial charge in [0.25, 0.3) is 5.91 Å². The summed E-state index contributed by atoms with van der Waals surface area (Å²) in [5, 5.41) is 0. The largest absolute Gasteiger partial charge is 0.488 e. The number of benzene rings is 1. The molecule has 0 bridgehead atoms. The Morgan fingerprint density at radius 3 is 2.64 bits per heavy atom. The van der Waals surface area contributed by atoms with E-state index in [1.807, 2.05) is 4.90 Å². The van der Waals surface area contributed by atoms with Crippen molar-refractivity contribution in [2.45, 2.75) is 31.8 Å². The summed E-state index contributed by atoms with van der Waals surface area (Å²) < 4.78 is 11.2. The monoisotopic (exact) mass is 302 g/mol. The zero-order valence-electron chi connectivity index (χ0n) is 12.7. The summed E-state index contributed by atoms with van der Waals surface area (Å²) in [4.78, 5) is 14.4. The van der Waals surface area contributed by atoms with Gasteiger partial charge in [-0.3, -0.25) is 4.79 Å². The van der Waals surface area contributed by atoms with Gasteiger partial charge in [-0.15, -0.1) is 0 Å². The summed E-state index contributed by atoms with van der Waals surface area (Å²) in [6.07, 6.45) is 4.81. The first kappa shape index (κ1) is 13.9. The molecule has 2 saturated heterocycles. The van der Waals surface area contributed by atoms with Gasteiger partial charge in [-0.2, -0.15) is 0 Å². The average molecular weight is 302 g/mol. The Labute approximate surface area is 130 Å². The van der Waals surface area contributed by atoms with E-state index >= 15 is 0 Å². The minimum atomic E-state index is 0.0637. The number of nitrogens with two attached hydrogens (primary N) is 1. The average Bonchev–Trinajstić information content (AvgIpc) is 2.91. The maximum Gasteiger partial charge on any atom is 0.254 e. The maximum atomic E-state index is 12.5. The molecule has 1 aromatic rings. The standard InChI is InChI=1S/C17H22N2O3/c18-14-6-5-12(7-15(14)22-13-3-1-2-4-13)16(20)19-8-17(9-19)10-21-11-17/h5-7,13H,1-4,8-11,18H2. The van der Waals surface area contributed by atoms with Crippen LogP contribution in [0.2, 0.25) is 0 Å². The van der Waals surface area contributed by atoms with Gasteiger partial charge in [0.15, 0.2) is 0 Å². The molecule has 1 spiro atoms. The Morgan fingerprint density at radius 1 is 1.27 bits per heavy atom. The summed E-state index contributed by atoms with van der Waals surface area (Å²) >= 11 is 0. The highest BCUT2D eigenvalue weighted by Gasteiger charge is 2.50. The molecule has 2 heterocycles. The number of amides is 1. The molecule has 0 aromatic heterocycles. The number of ether oxygens (including phenoxy) is 2. The normalized spacial score (nSPS) is 23.2. The Morgan fingerprint density at radius 2 is 2.00 bits per heavy atom. The van der Waals surface area contributed by atoms with Crippen molar-refractivity contribution in [3.8, 4) is 5.75 Å². The predicted molar refractivity (Wildman–Crippen MR) is 82.9 cm³/mol. The van der Waals surface area contributed by atoms with E-state index in [1.165, 1.54) is 12.8 Å². The second-order valence-corrected chi connectivity index (χ2v) is 6.93. The van der Waals surface area contributed by atoms with Gasteiger partial charge in [-0.1, -0.05) is 0 Å². The van der Waals surface area contributed by atoms with Gasteiger partial charge in [0.1, 0.15) is 5.75 Å². The molecule has 0 atom stereocenters. The molecular formula is C17H22N2O3. The quantitative estimate of drug-likeness (QED) is 0.868. The van der Waals surface area contributed by atoms with Crippen molar-refractivity contribution in [3.05, 3.63) is 23.8 Å². The molecule has 22 heavy (non-hydrogen) atoms. The Balaban J connectivity index is 1.46. The summed E-state index contributed by atoms with van der Waals surface area (Å²) in [6, 6.07) is 5.37. The molecule has 1 amide bonds. The van der Waals surface area contributed by atoms with Crippen LogP contribution in [-0.2, 0) is 4.74 Å². The molecule has 3 fully saturated rings. The van der Waals surface area contributed by atoms with E-state index < -0.39 is 0 Å². The van der Waals surface area contributed by atoms with Gasteiger partial charge in [0.2, 0.25) is 0 Å². The lowest BCUT2D eigenvalue weighted by Gasteiger charge is -2.54. The second-order valence-electron chi connectivity index (χ2n) is 6.93. The van der Waals surface area contributed by atoms with Crippen LogP contribution in [0.15, 0.2) is 18.2 Å². The van der Waals surface area contributed by atoms with E-state index in [2.05, 4.69) is 0 Å². The molecule has 2 N–H and O–H groups in total. The van der Waals surface area contributed by atoms with Crippen molar-refractivity contribution in [3.63, 3.8) is 0 Å². The fourth-order valence-electron chi connectivity index (χ4n) is 3.62. The van der Waals surface area contributed by atoms with Crippen molar-refractivity contribution in [1.29, 1.82) is 0 Å². The van der Waals surface area contributed by atoms with E-state index in [4.69, 9.17) is 15.2 Å². The SMILES string of the molecule is Nc1ccc(C(=O)N2CC3(COC3)C2)cc1OC1CCCC1. The van der Waals surface area contributed by atoms with Crippen LogP contribution in [0.1, 0.15) is 36.0 Å². The molecule has 3 aliphatic rings. The van der Waals surface area contributed by atoms with Gasteiger partial charge >= 0.3 is 0 Å². The van der Waals surface area contributed by atoms with Crippen molar-refractivity contribution >= 4 is 11.6 Å². The summed E-state index contributed by atoms with van der Waals surface area (Å²) in [7, 11) is 0. The molecule has 4 rings (SSSR count). The minimum Gasteiger partial charge on any atom is -0.488 e. The number of rotatable bonds is 3. The first-order valence-electron chi connectivity index (χ1n) is 8.08. The Kier molecular flexibility index (Phi) is 3.26. The molecule has 0 unspecified atom stereocenters. The maximum absolute atomic E-state index is 12.5. The molecule has 1 aliphatic carbocycles. The summed E-state index contributed by atoms with van der Waals surface area (Å²) in [6.45, 7) is 3.17. The molecule has 5 nitrogen and oxygen atoms in total. The highest BCUT2D eigenvalue weighted by atomic mass is 16.5. The Hall–Kier alpha value is -1.75. The van der Waals surface area contributed by atoms with Crippen molar-refractivity contribution in [1.82, 2.24) is 4.90 Å². The van der Waals surface area contributed by atoms with Crippen LogP contribution >= 0.6 is 0 Å². The predicted octanol–water partition coefficient (Wildman–Crippen LogP) is 2.06.